The standard InChI is InChI=1S/C14H17FN2O/c1-3-17-9-16-8-13(17)14(18)7-11-4-5-12(15)6-10(11)2/h4-6,8-9,14,18H,3,7H2,1-2H3. The lowest BCUT2D eigenvalue weighted by Crippen LogP contribution is -2.09. The summed E-state index contributed by atoms with van der Waals surface area (Å²) in [5, 5.41) is 10.2. The van der Waals surface area contributed by atoms with Gasteiger partial charge in [-0.2, -0.15) is 0 Å². The number of aliphatic hydroxyl groups excluding tert-OH is 1. The van der Waals surface area contributed by atoms with E-state index < -0.39 is 6.10 Å². The van der Waals surface area contributed by atoms with Crippen LogP contribution >= 0.6 is 0 Å². The van der Waals surface area contributed by atoms with Gasteiger partial charge in [-0.15, -0.1) is 0 Å². The second-order valence-corrected chi connectivity index (χ2v) is 4.40. The first kappa shape index (κ1) is 12.8. The largest absolute Gasteiger partial charge is 0.386 e. The Labute approximate surface area is 106 Å². The number of rotatable bonds is 4. The molecule has 0 spiro atoms. The van der Waals surface area contributed by atoms with Gasteiger partial charge in [-0.05, 0) is 37.1 Å². The smallest absolute Gasteiger partial charge is 0.123 e. The normalized spacial score (nSPS) is 12.7. The third kappa shape index (κ3) is 2.59. The van der Waals surface area contributed by atoms with Crippen molar-refractivity contribution in [2.24, 2.45) is 0 Å². The minimum absolute atomic E-state index is 0.246. The Morgan fingerprint density at radius 1 is 1.44 bits per heavy atom. The Morgan fingerprint density at radius 3 is 2.89 bits per heavy atom. The summed E-state index contributed by atoms with van der Waals surface area (Å²) in [5.41, 5.74) is 2.60. The Hall–Kier alpha value is -1.68. The predicted octanol–water partition coefficient (Wildman–Crippen LogP) is 2.63. The molecular formula is C14H17FN2O. The first-order valence-electron chi connectivity index (χ1n) is 6.05. The summed E-state index contributed by atoms with van der Waals surface area (Å²) in [4.78, 5) is 4.04. The van der Waals surface area contributed by atoms with Crippen molar-refractivity contribution in [1.82, 2.24) is 9.55 Å². The predicted molar refractivity (Wildman–Crippen MR) is 67.7 cm³/mol. The molecule has 1 heterocycles. The van der Waals surface area contributed by atoms with Crippen LogP contribution in [-0.4, -0.2) is 14.7 Å². The van der Waals surface area contributed by atoms with Gasteiger partial charge in [-0.25, -0.2) is 9.37 Å². The van der Waals surface area contributed by atoms with Crippen LogP contribution in [0.1, 0.15) is 29.8 Å². The zero-order valence-corrected chi connectivity index (χ0v) is 10.6. The van der Waals surface area contributed by atoms with Gasteiger partial charge in [0, 0.05) is 13.0 Å². The van der Waals surface area contributed by atoms with E-state index in [2.05, 4.69) is 4.98 Å². The second kappa shape index (κ2) is 5.31. The van der Waals surface area contributed by atoms with E-state index in [1.54, 1.807) is 18.6 Å². The lowest BCUT2D eigenvalue weighted by molar-refractivity contribution is 0.168. The molecule has 1 unspecified atom stereocenters. The van der Waals surface area contributed by atoms with E-state index in [9.17, 15) is 9.50 Å². The van der Waals surface area contributed by atoms with Gasteiger partial charge in [0.15, 0.2) is 0 Å². The molecule has 2 rings (SSSR count). The molecule has 0 bridgehead atoms. The maximum absolute atomic E-state index is 13.0. The Morgan fingerprint density at radius 2 is 2.22 bits per heavy atom. The number of hydrogen-bond acceptors (Lipinski definition) is 2. The molecule has 0 saturated heterocycles. The van der Waals surface area contributed by atoms with E-state index in [1.807, 2.05) is 18.4 Å². The number of aromatic nitrogens is 2. The molecular weight excluding hydrogens is 231 g/mol. The van der Waals surface area contributed by atoms with Crippen molar-refractivity contribution in [3.63, 3.8) is 0 Å². The average Bonchev–Trinajstić information content (AvgIpc) is 2.81. The number of benzene rings is 1. The molecule has 18 heavy (non-hydrogen) atoms. The van der Waals surface area contributed by atoms with Crippen LogP contribution < -0.4 is 0 Å². The van der Waals surface area contributed by atoms with Crippen LogP contribution in [-0.2, 0) is 13.0 Å². The average molecular weight is 248 g/mol. The fourth-order valence-corrected chi connectivity index (χ4v) is 2.07. The van der Waals surface area contributed by atoms with Crippen molar-refractivity contribution in [1.29, 1.82) is 0 Å². The van der Waals surface area contributed by atoms with Crippen LogP contribution in [0.2, 0.25) is 0 Å². The third-order valence-electron chi connectivity index (χ3n) is 3.14. The minimum atomic E-state index is -0.614. The molecule has 1 aromatic heterocycles. The van der Waals surface area contributed by atoms with Gasteiger partial charge >= 0.3 is 0 Å². The van der Waals surface area contributed by atoms with Crippen molar-refractivity contribution in [2.75, 3.05) is 0 Å². The van der Waals surface area contributed by atoms with Crippen LogP contribution in [0.4, 0.5) is 4.39 Å². The lowest BCUT2D eigenvalue weighted by Gasteiger charge is -2.14. The number of aryl methyl sites for hydroxylation is 2. The molecule has 0 aliphatic rings. The van der Waals surface area contributed by atoms with Crippen LogP contribution in [0.5, 0.6) is 0 Å². The highest BCUT2D eigenvalue weighted by molar-refractivity contribution is 5.28. The van der Waals surface area contributed by atoms with Gasteiger partial charge in [0.25, 0.3) is 0 Å². The first-order valence-corrected chi connectivity index (χ1v) is 6.05. The van der Waals surface area contributed by atoms with Crippen LogP contribution in [0.15, 0.2) is 30.7 Å². The fourth-order valence-electron chi connectivity index (χ4n) is 2.07. The van der Waals surface area contributed by atoms with Crippen LogP contribution in [0.25, 0.3) is 0 Å². The van der Waals surface area contributed by atoms with Gasteiger partial charge < -0.3 is 9.67 Å². The highest BCUT2D eigenvalue weighted by atomic mass is 19.1. The monoisotopic (exact) mass is 248 g/mol. The summed E-state index contributed by atoms with van der Waals surface area (Å²) < 4.78 is 14.9. The van der Waals surface area contributed by atoms with Crippen molar-refractivity contribution in [3.8, 4) is 0 Å². The van der Waals surface area contributed by atoms with Crippen molar-refractivity contribution in [2.45, 2.75) is 32.9 Å². The maximum atomic E-state index is 13.0. The molecule has 0 amide bonds. The number of hydrogen-bond donors (Lipinski definition) is 1. The van der Waals surface area contributed by atoms with Gasteiger partial charge in [-0.1, -0.05) is 6.07 Å². The van der Waals surface area contributed by atoms with Gasteiger partial charge in [0.2, 0.25) is 0 Å². The number of imidazole rings is 1. The maximum Gasteiger partial charge on any atom is 0.123 e. The van der Waals surface area contributed by atoms with E-state index in [1.165, 1.54) is 12.1 Å². The summed E-state index contributed by atoms with van der Waals surface area (Å²) in [6, 6.07) is 4.63. The molecule has 1 atom stereocenters. The zero-order valence-electron chi connectivity index (χ0n) is 10.6. The molecule has 1 aromatic carbocycles. The fraction of sp³-hybridized carbons (Fsp3) is 0.357. The summed E-state index contributed by atoms with van der Waals surface area (Å²) in [7, 11) is 0. The summed E-state index contributed by atoms with van der Waals surface area (Å²) in [6.45, 7) is 4.62. The van der Waals surface area contributed by atoms with Gasteiger partial charge in [0.05, 0.1) is 24.3 Å². The summed E-state index contributed by atoms with van der Waals surface area (Å²) >= 11 is 0. The quantitative estimate of drug-likeness (QED) is 0.903. The highest BCUT2D eigenvalue weighted by Gasteiger charge is 2.14. The second-order valence-electron chi connectivity index (χ2n) is 4.40. The molecule has 3 nitrogen and oxygen atoms in total. The molecule has 1 N–H and O–H groups in total. The summed E-state index contributed by atoms with van der Waals surface area (Å²) in [5.74, 6) is -0.246. The molecule has 96 valence electrons. The van der Waals surface area contributed by atoms with E-state index in [0.717, 1.165) is 23.4 Å². The Balaban J connectivity index is 2.18. The Bertz CT molecular complexity index is 536. The van der Waals surface area contributed by atoms with E-state index >= 15 is 0 Å². The molecule has 2 aromatic rings. The highest BCUT2D eigenvalue weighted by Crippen LogP contribution is 2.20. The molecule has 0 aliphatic carbocycles. The first-order chi connectivity index (χ1) is 8.61. The van der Waals surface area contributed by atoms with Crippen LogP contribution in [0, 0.1) is 12.7 Å². The zero-order chi connectivity index (χ0) is 13.1. The minimum Gasteiger partial charge on any atom is -0.386 e. The number of nitrogens with zero attached hydrogens (tertiary/aromatic N) is 2. The molecule has 0 fully saturated rings. The van der Waals surface area contributed by atoms with E-state index in [4.69, 9.17) is 0 Å². The third-order valence-corrected chi connectivity index (χ3v) is 3.14. The Kier molecular flexibility index (Phi) is 3.77. The molecule has 0 saturated carbocycles. The van der Waals surface area contributed by atoms with E-state index in [0.29, 0.717) is 6.42 Å². The van der Waals surface area contributed by atoms with Crippen LogP contribution in [0.3, 0.4) is 0 Å². The topological polar surface area (TPSA) is 38.0 Å². The molecule has 0 aliphatic heterocycles. The SMILES string of the molecule is CCn1cncc1C(O)Cc1ccc(F)cc1C. The lowest BCUT2D eigenvalue weighted by atomic mass is 10.0. The van der Waals surface area contributed by atoms with Crippen molar-refractivity contribution in [3.05, 3.63) is 53.4 Å². The summed E-state index contributed by atoms with van der Waals surface area (Å²) in [6.07, 6.45) is 3.23. The molecule has 4 heteroatoms. The van der Waals surface area contributed by atoms with Gasteiger partial charge in [-0.3, -0.25) is 0 Å². The van der Waals surface area contributed by atoms with Crippen molar-refractivity contribution >= 4 is 0 Å². The number of aliphatic hydroxyl groups is 1. The van der Waals surface area contributed by atoms with Crippen molar-refractivity contribution < 1.29 is 9.50 Å². The van der Waals surface area contributed by atoms with E-state index in [-0.39, 0.29) is 5.82 Å². The molecule has 0 radical (unpaired) electrons. The number of halogens is 1. The van der Waals surface area contributed by atoms with Gasteiger partial charge in [0.1, 0.15) is 5.82 Å².